The zero-order chi connectivity index (χ0) is 20.9. The average Bonchev–Trinajstić information content (AvgIpc) is 2.64. The molecule has 1 atom stereocenters. The molecule has 0 spiro atoms. The molecule has 1 amide bonds. The van der Waals surface area contributed by atoms with E-state index in [1.54, 1.807) is 20.8 Å². The summed E-state index contributed by atoms with van der Waals surface area (Å²) < 4.78 is 46.0. The van der Waals surface area contributed by atoms with Crippen LogP contribution in [0.25, 0.3) is 0 Å². The van der Waals surface area contributed by atoms with Crippen molar-refractivity contribution in [3.05, 3.63) is 52.3 Å². The highest BCUT2D eigenvalue weighted by molar-refractivity contribution is 7.90. The number of hydrogen-bond acceptors (Lipinski definition) is 5. The lowest BCUT2D eigenvalue weighted by Crippen LogP contribution is -2.52. The minimum Gasteiger partial charge on any atom is -0.507 e. The Morgan fingerprint density at radius 2 is 1.75 bits per heavy atom. The van der Waals surface area contributed by atoms with Crippen LogP contribution in [0.3, 0.4) is 0 Å². The highest BCUT2D eigenvalue weighted by atomic mass is 32.2. The maximum absolute atomic E-state index is 13.0. The molecular weight excluding hydrogens is 385 g/mol. The summed E-state index contributed by atoms with van der Waals surface area (Å²) in [5, 5.41) is 10.2. The van der Waals surface area contributed by atoms with Crippen LogP contribution in [-0.4, -0.2) is 25.0 Å². The van der Waals surface area contributed by atoms with Crippen LogP contribution in [0, 0.1) is 26.6 Å². The Labute approximate surface area is 163 Å². The molecule has 3 rings (SSSR count). The highest BCUT2D eigenvalue weighted by Crippen LogP contribution is 2.43. The van der Waals surface area contributed by atoms with Crippen molar-refractivity contribution < 1.29 is 27.4 Å². The van der Waals surface area contributed by atoms with Gasteiger partial charge in [-0.15, -0.1) is 0 Å². The number of nitrogens with one attached hydrogen (secondary N) is 1. The number of hydrogen-bond donors (Lipinski definition) is 2. The molecule has 2 N–H and O–H groups in total. The van der Waals surface area contributed by atoms with Gasteiger partial charge in [-0.1, -0.05) is 0 Å². The zero-order valence-corrected chi connectivity index (χ0v) is 16.9. The highest BCUT2D eigenvalue weighted by Gasteiger charge is 2.42. The Bertz CT molecular complexity index is 1060. The molecule has 0 saturated heterocycles. The average molecular weight is 407 g/mol. The minimum absolute atomic E-state index is 0.201. The second-order valence-electron chi connectivity index (χ2n) is 7.25. The van der Waals surface area contributed by atoms with Gasteiger partial charge in [-0.2, -0.15) is 0 Å². The lowest BCUT2D eigenvalue weighted by atomic mass is 9.87. The molecule has 0 saturated carbocycles. The molecule has 0 aliphatic carbocycles. The number of halogens is 1. The normalized spacial score (nSPS) is 18.9. The lowest BCUT2D eigenvalue weighted by molar-refractivity contribution is -0.134. The third-order valence-corrected chi connectivity index (χ3v) is 6.70. The van der Waals surface area contributed by atoms with Gasteiger partial charge in [0.1, 0.15) is 17.3 Å². The van der Waals surface area contributed by atoms with E-state index in [-0.39, 0.29) is 17.1 Å². The first-order valence-electron chi connectivity index (χ1n) is 8.80. The monoisotopic (exact) mass is 407 g/mol. The summed E-state index contributed by atoms with van der Waals surface area (Å²) in [5.41, 5.74) is 1.46. The first-order chi connectivity index (χ1) is 13.0. The Balaban J connectivity index is 1.91. The van der Waals surface area contributed by atoms with Gasteiger partial charge in [0.15, 0.2) is 5.60 Å². The Morgan fingerprint density at radius 1 is 1.14 bits per heavy atom. The van der Waals surface area contributed by atoms with Crippen molar-refractivity contribution in [3.8, 4) is 11.5 Å². The zero-order valence-electron chi connectivity index (χ0n) is 16.1. The van der Waals surface area contributed by atoms with Crippen molar-refractivity contribution in [3.63, 3.8) is 0 Å². The molecule has 1 unspecified atom stereocenters. The van der Waals surface area contributed by atoms with Crippen molar-refractivity contribution in [2.45, 2.75) is 51.0 Å². The van der Waals surface area contributed by atoms with Gasteiger partial charge < -0.3 is 9.84 Å². The number of rotatable bonds is 3. The van der Waals surface area contributed by atoms with Gasteiger partial charge >= 0.3 is 0 Å². The molecule has 0 fully saturated rings. The number of phenols is 1. The molecule has 0 aromatic heterocycles. The molecule has 28 heavy (non-hydrogen) atoms. The number of fused-ring (bicyclic) bond motifs is 1. The van der Waals surface area contributed by atoms with E-state index >= 15 is 0 Å². The number of carbonyl (C=O) groups excluding carboxylic acids is 1. The van der Waals surface area contributed by atoms with Crippen molar-refractivity contribution in [2.75, 3.05) is 0 Å². The van der Waals surface area contributed by atoms with Crippen LogP contribution in [0.1, 0.15) is 35.6 Å². The maximum atomic E-state index is 13.0. The van der Waals surface area contributed by atoms with Crippen molar-refractivity contribution in [1.82, 2.24) is 4.72 Å². The number of sulfonamides is 1. The van der Waals surface area contributed by atoms with E-state index in [2.05, 4.69) is 0 Å². The number of benzene rings is 2. The molecule has 2 aromatic rings. The third-order valence-electron chi connectivity index (χ3n) is 5.35. The van der Waals surface area contributed by atoms with Crippen LogP contribution in [0.4, 0.5) is 4.39 Å². The van der Waals surface area contributed by atoms with Gasteiger partial charge in [-0.3, -0.25) is 4.79 Å². The number of carbonyl (C=O) groups is 1. The molecule has 1 aliphatic rings. The standard InChI is InChI=1S/C20H22FNO5S/c1-11-12(2)18-16(13(3)17(11)23)9-10-20(4,27-18)19(24)22-28(25,26)15-7-5-14(21)6-8-15/h5-8,23H,9-10H2,1-4H3,(H,22,24). The van der Waals surface area contributed by atoms with Crippen molar-refractivity contribution >= 4 is 15.9 Å². The summed E-state index contributed by atoms with van der Waals surface area (Å²) >= 11 is 0. The number of ether oxygens (including phenoxy) is 1. The third kappa shape index (κ3) is 3.32. The Hall–Kier alpha value is -2.61. The van der Waals surface area contributed by atoms with Gasteiger partial charge in [0.2, 0.25) is 0 Å². The lowest BCUT2D eigenvalue weighted by Gasteiger charge is -2.36. The first kappa shape index (κ1) is 20.1. The predicted molar refractivity (Wildman–Crippen MR) is 101 cm³/mol. The van der Waals surface area contributed by atoms with Crippen molar-refractivity contribution in [2.24, 2.45) is 0 Å². The van der Waals surface area contributed by atoms with E-state index in [1.165, 1.54) is 6.92 Å². The van der Waals surface area contributed by atoms with Crippen LogP contribution in [0.5, 0.6) is 11.5 Å². The number of phenolic OH excluding ortho intramolecular Hbond substituents is 1. The van der Waals surface area contributed by atoms with Crippen LogP contribution in [0.2, 0.25) is 0 Å². The van der Waals surface area contributed by atoms with E-state index in [0.717, 1.165) is 29.8 Å². The summed E-state index contributed by atoms with van der Waals surface area (Å²) in [5.74, 6) is -0.679. The topological polar surface area (TPSA) is 92.7 Å². The fraction of sp³-hybridized carbons (Fsp3) is 0.350. The number of amides is 1. The largest absolute Gasteiger partial charge is 0.507 e. The molecule has 8 heteroatoms. The molecule has 2 aromatic carbocycles. The molecule has 150 valence electrons. The van der Waals surface area contributed by atoms with Crippen LogP contribution < -0.4 is 9.46 Å². The van der Waals surface area contributed by atoms with Gasteiger partial charge in [0.25, 0.3) is 15.9 Å². The summed E-state index contributed by atoms with van der Waals surface area (Å²) in [6.07, 6.45) is 0.698. The first-order valence-corrected chi connectivity index (χ1v) is 10.3. The Morgan fingerprint density at radius 3 is 2.36 bits per heavy atom. The number of aromatic hydroxyl groups is 1. The smallest absolute Gasteiger partial charge is 0.277 e. The van der Waals surface area contributed by atoms with E-state index in [1.807, 2.05) is 4.72 Å². The van der Waals surface area contributed by atoms with E-state index < -0.39 is 27.3 Å². The molecular formula is C20H22FNO5S. The molecule has 0 radical (unpaired) electrons. The summed E-state index contributed by atoms with van der Waals surface area (Å²) in [4.78, 5) is 12.6. The van der Waals surface area contributed by atoms with E-state index in [9.17, 15) is 22.7 Å². The maximum Gasteiger partial charge on any atom is 0.277 e. The molecule has 6 nitrogen and oxygen atoms in total. The van der Waals surface area contributed by atoms with Gasteiger partial charge in [-0.05, 0) is 75.1 Å². The SMILES string of the molecule is Cc1c(C)c2c(c(C)c1O)CCC(C)(C(=O)NS(=O)(=O)c1ccc(F)cc1)O2. The second-order valence-corrected chi connectivity index (χ2v) is 8.94. The van der Waals surface area contributed by atoms with Crippen LogP contribution in [-0.2, 0) is 21.2 Å². The summed E-state index contributed by atoms with van der Waals surface area (Å²) in [6.45, 7) is 6.85. The van der Waals surface area contributed by atoms with E-state index in [0.29, 0.717) is 28.9 Å². The molecule has 1 aliphatic heterocycles. The van der Waals surface area contributed by atoms with Gasteiger partial charge in [-0.25, -0.2) is 17.5 Å². The van der Waals surface area contributed by atoms with Crippen LogP contribution in [0.15, 0.2) is 29.2 Å². The fourth-order valence-electron chi connectivity index (χ4n) is 3.31. The Kier molecular flexibility index (Phi) is 4.87. The molecule has 1 heterocycles. The predicted octanol–water partition coefficient (Wildman–Crippen LogP) is 3.05. The van der Waals surface area contributed by atoms with Gasteiger partial charge in [0, 0.05) is 12.0 Å². The quantitative estimate of drug-likeness (QED) is 0.816. The van der Waals surface area contributed by atoms with Gasteiger partial charge in [0.05, 0.1) is 4.90 Å². The second kappa shape index (κ2) is 6.77. The molecule has 0 bridgehead atoms. The summed E-state index contributed by atoms with van der Waals surface area (Å²) in [7, 11) is -4.16. The summed E-state index contributed by atoms with van der Waals surface area (Å²) in [6, 6.07) is 4.19. The minimum atomic E-state index is -4.16. The van der Waals surface area contributed by atoms with Crippen molar-refractivity contribution in [1.29, 1.82) is 0 Å². The van der Waals surface area contributed by atoms with E-state index in [4.69, 9.17) is 4.74 Å². The fourth-order valence-corrected chi connectivity index (χ4v) is 4.38. The van der Waals surface area contributed by atoms with Crippen LogP contribution >= 0.6 is 0 Å².